The van der Waals surface area contributed by atoms with Crippen molar-refractivity contribution in [3.63, 3.8) is 0 Å². The number of carbonyl (C=O) groups is 3. The summed E-state index contributed by atoms with van der Waals surface area (Å²) in [5, 5.41) is 9.03. The zero-order valence-electron chi connectivity index (χ0n) is 10.9. The van der Waals surface area contributed by atoms with Crippen LogP contribution >= 0.6 is 0 Å². The molecule has 8 nitrogen and oxygen atoms in total. The highest BCUT2D eigenvalue weighted by Crippen LogP contribution is 2.30. The molecule has 1 aromatic rings. The fourth-order valence-electron chi connectivity index (χ4n) is 1.33. The summed E-state index contributed by atoms with van der Waals surface area (Å²) in [5.41, 5.74) is 4.04. The van der Waals surface area contributed by atoms with Crippen LogP contribution in [-0.4, -0.2) is 36.6 Å². The Bertz CT molecular complexity index is 529. The molecule has 0 saturated heterocycles. The van der Waals surface area contributed by atoms with Gasteiger partial charge in [0.15, 0.2) is 18.1 Å². The molecule has 0 aliphatic carbocycles. The number of ether oxygens (including phenoxy) is 2. The van der Waals surface area contributed by atoms with E-state index in [-0.39, 0.29) is 17.1 Å². The molecule has 2 amide bonds. The monoisotopic (exact) mass is 282 g/mol. The molecule has 20 heavy (non-hydrogen) atoms. The van der Waals surface area contributed by atoms with E-state index in [1.54, 1.807) is 0 Å². The molecule has 8 heteroatoms. The quantitative estimate of drug-likeness (QED) is 0.652. The minimum atomic E-state index is -1.21. The molecule has 1 rings (SSSR count). The minimum Gasteiger partial charge on any atom is -0.493 e. The highest BCUT2D eigenvalue weighted by atomic mass is 16.5. The number of nitrogens with one attached hydrogen (secondary N) is 2. The highest BCUT2D eigenvalue weighted by Gasteiger charge is 2.17. The Hall–Kier alpha value is -2.77. The van der Waals surface area contributed by atoms with Crippen LogP contribution in [0, 0.1) is 0 Å². The van der Waals surface area contributed by atoms with Crippen LogP contribution in [0.25, 0.3) is 0 Å². The Morgan fingerprint density at radius 3 is 2.50 bits per heavy atom. The molecule has 0 heterocycles. The highest BCUT2D eigenvalue weighted by molar-refractivity contribution is 5.92. The zero-order chi connectivity index (χ0) is 15.1. The standard InChI is InChI=1S/C12H14N2O6/c1-7(15)13-14-10(16)6-20-11-8(12(17)18)4-3-5-9(11)19-2/h3-5H,6H2,1-2H3,(H,13,15)(H,14,16)(H,17,18). The molecule has 0 unspecified atom stereocenters. The van der Waals surface area contributed by atoms with E-state index in [1.807, 2.05) is 0 Å². The lowest BCUT2D eigenvalue weighted by Crippen LogP contribution is -2.42. The van der Waals surface area contributed by atoms with Crippen LogP contribution in [0.2, 0.25) is 0 Å². The second-order valence-corrected chi connectivity index (χ2v) is 3.66. The molecule has 0 bridgehead atoms. The minimum absolute atomic E-state index is 0.0551. The Labute approximate surface area is 114 Å². The first-order valence-electron chi connectivity index (χ1n) is 5.54. The van der Waals surface area contributed by atoms with Crippen LogP contribution < -0.4 is 20.3 Å². The predicted molar refractivity (Wildman–Crippen MR) is 67.4 cm³/mol. The molecule has 0 spiro atoms. The van der Waals surface area contributed by atoms with Crippen molar-refractivity contribution in [1.29, 1.82) is 0 Å². The molecule has 0 radical (unpaired) electrons. The summed E-state index contributed by atoms with van der Waals surface area (Å²) in [4.78, 5) is 33.0. The topological polar surface area (TPSA) is 114 Å². The molecule has 0 aromatic heterocycles. The van der Waals surface area contributed by atoms with Gasteiger partial charge in [-0.05, 0) is 12.1 Å². The lowest BCUT2D eigenvalue weighted by Gasteiger charge is -2.13. The van der Waals surface area contributed by atoms with E-state index in [0.29, 0.717) is 0 Å². The van der Waals surface area contributed by atoms with Crippen LogP contribution in [0.5, 0.6) is 11.5 Å². The Kier molecular flexibility index (Phi) is 5.33. The van der Waals surface area contributed by atoms with Crippen molar-refractivity contribution in [2.24, 2.45) is 0 Å². The lowest BCUT2D eigenvalue weighted by atomic mass is 10.2. The SMILES string of the molecule is COc1cccc(C(=O)O)c1OCC(=O)NNC(C)=O. The number of hydrogen-bond acceptors (Lipinski definition) is 5. The van der Waals surface area contributed by atoms with Crippen molar-refractivity contribution >= 4 is 17.8 Å². The molecule has 0 fully saturated rings. The summed E-state index contributed by atoms with van der Waals surface area (Å²) in [6.07, 6.45) is 0. The molecular weight excluding hydrogens is 268 g/mol. The van der Waals surface area contributed by atoms with E-state index >= 15 is 0 Å². The summed E-state index contributed by atoms with van der Waals surface area (Å²) in [7, 11) is 1.35. The molecule has 3 N–H and O–H groups in total. The summed E-state index contributed by atoms with van der Waals surface area (Å²) in [6, 6.07) is 4.33. The third kappa shape index (κ3) is 4.16. The van der Waals surface area contributed by atoms with E-state index in [4.69, 9.17) is 14.6 Å². The first-order valence-corrected chi connectivity index (χ1v) is 5.54. The number of carboxylic acids is 1. The maximum Gasteiger partial charge on any atom is 0.339 e. The number of hydrazine groups is 1. The number of aromatic carboxylic acids is 1. The largest absolute Gasteiger partial charge is 0.493 e. The number of benzene rings is 1. The van der Waals surface area contributed by atoms with Gasteiger partial charge in [-0.15, -0.1) is 0 Å². The smallest absolute Gasteiger partial charge is 0.339 e. The molecule has 1 aromatic carbocycles. The van der Waals surface area contributed by atoms with Crippen LogP contribution in [0.1, 0.15) is 17.3 Å². The number of hydrogen-bond donors (Lipinski definition) is 3. The van der Waals surface area contributed by atoms with Gasteiger partial charge in [-0.2, -0.15) is 0 Å². The summed E-state index contributed by atoms with van der Waals surface area (Å²) in [6.45, 7) is 0.755. The molecule has 0 aliphatic rings. The maximum absolute atomic E-state index is 11.4. The number of methoxy groups -OCH3 is 1. The van der Waals surface area contributed by atoms with Gasteiger partial charge < -0.3 is 14.6 Å². The molecular formula is C12H14N2O6. The van der Waals surface area contributed by atoms with E-state index in [9.17, 15) is 14.4 Å². The van der Waals surface area contributed by atoms with Crippen molar-refractivity contribution < 1.29 is 29.0 Å². The third-order valence-electron chi connectivity index (χ3n) is 2.15. The summed E-state index contributed by atoms with van der Waals surface area (Å²) < 4.78 is 10.1. The normalized spacial score (nSPS) is 9.50. The molecule has 0 aliphatic heterocycles. The fourth-order valence-corrected chi connectivity index (χ4v) is 1.33. The fraction of sp³-hybridized carbons (Fsp3) is 0.250. The second-order valence-electron chi connectivity index (χ2n) is 3.66. The zero-order valence-corrected chi connectivity index (χ0v) is 10.9. The number of para-hydroxylation sites is 1. The van der Waals surface area contributed by atoms with Gasteiger partial charge >= 0.3 is 5.97 Å². The van der Waals surface area contributed by atoms with Gasteiger partial charge in [-0.25, -0.2) is 4.79 Å². The molecule has 0 atom stereocenters. The van der Waals surface area contributed by atoms with Crippen LogP contribution in [0.3, 0.4) is 0 Å². The summed E-state index contributed by atoms with van der Waals surface area (Å²) in [5.74, 6) is -2.15. The number of carboxylic acid groups (broad SMARTS) is 1. The Morgan fingerprint density at radius 1 is 1.25 bits per heavy atom. The van der Waals surface area contributed by atoms with Gasteiger partial charge in [0.1, 0.15) is 5.56 Å². The third-order valence-corrected chi connectivity index (χ3v) is 2.15. The van der Waals surface area contributed by atoms with Crippen molar-refractivity contribution in [2.45, 2.75) is 6.92 Å². The number of amides is 2. The first kappa shape index (κ1) is 15.3. The number of carbonyl (C=O) groups excluding carboxylic acids is 2. The van der Waals surface area contributed by atoms with Gasteiger partial charge in [0.25, 0.3) is 5.91 Å². The Morgan fingerprint density at radius 2 is 1.95 bits per heavy atom. The van der Waals surface area contributed by atoms with Crippen LogP contribution in [-0.2, 0) is 9.59 Å². The van der Waals surface area contributed by atoms with Crippen LogP contribution in [0.4, 0.5) is 0 Å². The average molecular weight is 282 g/mol. The van der Waals surface area contributed by atoms with Gasteiger partial charge in [-0.3, -0.25) is 20.4 Å². The van der Waals surface area contributed by atoms with Crippen molar-refractivity contribution in [2.75, 3.05) is 13.7 Å². The lowest BCUT2D eigenvalue weighted by molar-refractivity contribution is -0.129. The van der Waals surface area contributed by atoms with Gasteiger partial charge in [0.2, 0.25) is 5.91 Å². The van der Waals surface area contributed by atoms with E-state index < -0.39 is 24.4 Å². The number of rotatable bonds is 5. The van der Waals surface area contributed by atoms with E-state index in [2.05, 4.69) is 10.9 Å². The molecule has 108 valence electrons. The van der Waals surface area contributed by atoms with Gasteiger partial charge in [0, 0.05) is 6.92 Å². The predicted octanol–water partition coefficient (Wildman–Crippen LogP) is -0.0605. The van der Waals surface area contributed by atoms with Gasteiger partial charge in [0.05, 0.1) is 7.11 Å². The Balaban J connectivity index is 2.78. The first-order chi connectivity index (χ1) is 9.45. The van der Waals surface area contributed by atoms with Crippen molar-refractivity contribution in [3.8, 4) is 11.5 Å². The van der Waals surface area contributed by atoms with E-state index in [1.165, 1.54) is 32.2 Å². The van der Waals surface area contributed by atoms with Crippen molar-refractivity contribution in [1.82, 2.24) is 10.9 Å². The van der Waals surface area contributed by atoms with E-state index in [0.717, 1.165) is 0 Å². The average Bonchev–Trinajstić information content (AvgIpc) is 2.42. The summed E-state index contributed by atoms with van der Waals surface area (Å²) >= 11 is 0. The molecule has 0 saturated carbocycles. The maximum atomic E-state index is 11.4. The van der Waals surface area contributed by atoms with Gasteiger partial charge in [-0.1, -0.05) is 6.07 Å². The second kappa shape index (κ2) is 6.98. The van der Waals surface area contributed by atoms with Crippen LogP contribution in [0.15, 0.2) is 18.2 Å². The van der Waals surface area contributed by atoms with Crippen molar-refractivity contribution in [3.05, 3.63) is 23.8 Å².